The van der Waals surface area contributed by atoms with Crippen molar-refractivity contribution >= 4 is 33.8 Å². The Labute approximate surface area is 261 Å². The van der Waals surface area contributed by atoms with E-state index in [1.165, 1.54) is 11.0 Å². The first kappa shape index (κ1) is 35.5. The summed E-state index contributed by atoms with van der Waals surface area (Å²) in [6.45, 7) is 16.5. The Morgan fingerprint density at radius 3 is 2.36 bits per heavy atom. The summed E-state index contributed by atoms with van der Waals surface area (Å²) in [4.78, 5) is 55.2. The third-order valence-electron chi connectivity index (χ3n) is 8.62. The number of amides is 4. The minimum Gasteiger partial charge on any atom is -0.444 e. The Balaban J connectivity index is 1.84. The SMILES string of the molecule is C=CCCC(C)C[C@@H](CC)[C@H](NC(=O)OC(C)(C)C)C(=O)N1C[C@H](O)C[C@H]1C(=O)NC1(C(=O)NS(=O)(=O)C2CC2)C[C@H]1C=C. The fourth-order valence-corrected chi connectivity index (χ4v) is 7.26. The van der Waals surface area contributed by atoms with E-state index in [1.54, 1.807) is 20.8 Å². The molecular formula is C31H50N4O8S. The fraction of sp³-hybridized carbons (Fsp3) is 0.742. The van der Waals surface area contributed by atoms with Gasteiger partial charge in [0.05, 0.1) is 11.4 Å². The second-order valence-electron chi connectivity index (χ2n) is 13.6. The van der Waals surface area contributed by atoms with Crippen LogP contribution < -0.4 is 15.4 Å². The number of aliphatic hydroxyl groups is 1. The molecule has 1 heterocycles. The topological polar surface area (TPSA) is 171 Å². The van der Waals surface area contributed by atoms with Gasteiger partial charge in [-0.25, -0.2) is 13.2 Å². The molecule has 0 bridgehead atoms. The van der Waals surface area contributed by atoms with E-state index in [0.717, 1.165) is 12.8 Å². The predicted molar refractivity (Wildman–Crippen MR) is 166 cm³/mol. The summed E-state index contributed by atoms with van der Waals surface area (Å²) >= 11 is 0. The average Bonchev–Trinajstić information content (AvgIpc) is 3.85. The van der Waals surface area contributed by atoms with Crippen molar-refractivity contribution in [2.45, 2.75) is 121 Å². The predicted octanol–water partition coefficient (Wildman–Crippen LogP) is 2.53. The molecule has 1 saturated heterocycles. The standard InChI is InChI=1S/C31H50N4O8S/c1-8-11-12-19(4)15-20(9-2)25(32-29(40)43-30(5,6)7)27(38)35-18-22(36)16-24(35)26(37)33-31(17-21(31)10-3)28(39)34-44(41,42)23-13-14-23/h8,10,19-25,36H,1,3,9,11-18H2,2,4-7H3,(H,32,40)(H,33,37)(H,34,39)/t19?,20-,21-,22-,24+,25+,31?/m1/s1. The van der Waals surface area contributed by atoms with E-state index < -0.39 is 74.3 Å². The number of hydrogen-bond donors (Lipinski definition) is 4. The van der Waals surface area contributed by atoms with Gasteiger partial charge < -0.3 is 25.4 Å². The Kier molecular flexibility index (Phi) is 11.3. The van der Waals surface area contributed by atoms with Crippen LogP contribution in [-0.4, -0.2) is 83.4 Å². The molecule has 248 valence electrons. The van der Waals surface area contributed by atoms with Gasteiger partial charge in [-0.05, 0) is 71.1 Å². The second kappa shape index (κ2) is 14.0. The van der Waals surface area contributed by atoms with E-state index in [1.807, 2.05) is 13.0 Å². The average molecular weight is 639 g/mol. The summed E-state index contributed by atoms with van der Waals surface area (Å²) in [7, 11) is -3.86. The number of allylic oxidation sites excluding steroid dienone is 1. The van der Waals surface area contributed by atoms with Crippen LogP contribution in [0.5, 0.6) is 0 Å². The molecule has 4 amide bonds. The Morgan fingerprint density at radius 1 is 1.18 bits per heavy atom. The zero-order valence-electron chi connectivity index (χ0n) is 26.6. The molecule has 12 nitrogen and oxygen atoms in total. The number of sulfonamides is 1. The number of hydrogen-bond acceptors (Lipinski definition) is 8. The summed E-state index contributed by atoms with van der Waals surface area (Å²) in [5, 5.41) is 15.4. The molecule has 2 saturated carbocycles. The van der Waals surface area contributed by atoms with E-state index in [-0.39, 0.29) is 31.2 Å². The van der Waals surface area contributed by atoms with Crippen LogP contribution in [0, 0.1) is 17.8 Å². The maximum Gasteiger partial charge on any atom is 0.408 e. The highest BCUT2D eigenvalue weighted by atomic mass is 32.2. The maximum atomic E-state index is 14.2. The molecule has 13 heteroatoms. The first-order valence-corrected chi connectivity index (χ1v) is 17.1. The molecule has 44 heavy (non-hydrogen) atoms. The number of alkyl carbamates (subject to hydrolysis) is 1. The van der Waals surface area contributed by atoms with E-state index >= 15 is 0 Å². The number of rotatable bonds is 15. The Morgan fingerprint density at radius 2 is 1.84 bits per heavy atom. The van der Waals surface area contributed by atoms with Crippen LogP contribution in [0.3, 0.4) is 0 Å². The number of nitrogens with one attached hydrogen (secondary N) is 3. The molecule has 0 aromatic rings. The number of aliphatic hydroxyl groups excluding tert-OH is 1. The lowest BCUT2D eigenvalue weighted by Gasteiger charge is -2.34. The lowest BCUT2D eigenvalue weighted by atomic mass is 9.85. The monoisotopic (exact) mass is 638 g/mol. The lowest BCUT2D eigenvalue weighted by molar-refractivity contribution is -0.142. The molecule has 7 atom stereocenters. The van der Waals surface area contributed by atoms with Gasteiger partial charge in [-0.2, -0.15) is 0 Å². The molecule has 0 radical (unpaired) electrons. The summed E-state index contributed by atoms with van der Waals surface area (Å²) in [6.07, 6.45) is 5.36. The first-order chi connectivity index (χ1) is 20.5. The van der Waals surface area contributed by atoms with Gasteiger partial charge in [0.1, 0.15) is 23.2 Å². The van der Waals surface area contributed by atoms with Gasteiger partial charge >= 0.3 is 6.09 Å². The fourth-order valence-electron chi connectivity index (χ4n) is 5.89. The number of β-amino-alcohol motifs (C(OH)–C–C–N with tert-alkyl or cyclic N) is 1. The van der Waals surface area contributed by atoms with Gasteiger partial charge in [-0.1, -0.05) is 32.4 Å². The van der Waals surface area contributed by atoms with Crippen molar-refractivity contribution in [2.24, 2.45) is 17.8 Å². The van der Waals surface area contributed by atoms with Gasteiger partial charge in [0.2, 0.25) is 21.8 Å². The van der Waals surface area contributed by atoms with Gasteiger partial charge in [0, 0.05) is 18.9 Å². The highest BCUT2D eigenvalue weighted by Crippen LogP contribution is 2.45. The number of nitrogens with zero attached hydrogens (tertiary/aromatic N) is 1. The number of carbonyl (C=O) groups excluding carboxylic acids is 4. The molecule has 3 rings (SSSR count). The van der Waals surface area contributed by atoms with E-state index in [2.05, 4.69) is 35.4 Å². The molecule has 4 N–H and O–H groups in total. The van der Waals surface area contributed by atoms with Crippen LogP contribution in [-0.2, 0) is 29.1 Å². The highest BCUT2D eigenvalue weighted by molar-refractivity contribution is 7.91. The Bertz CT molecular complexity index is 1230. The summed E-state index contributed by atoms with van der Waals surface area (Å²) in [5.74, 6) is -2.66. The summed E-state index contributed by atoms with van der Waals surface area (Å²) in [6, 6.07) is -2.18. The smallest absolute Gasteiger partial charge is 0.408 e. The highest BCUT2D eigenvalue weighted by Gasteiger charge is 2.62. The van der Waals surface area contributed by atoms with Crippen LogP contribution >= 0.6 is 0 Å². The Hall–Kier alpha value is -2.93. The number of likely N-dealkylation sites (tertiary alicyclic amines) is 1. The molecule has 0 spiro atoms. The van der Waals surface area contributed by atoms with Crippen molar-refractivity contribution in [3.63, 3.8) is 0 Å². The van der Waals surface area contributed by atoms with Crippen LogP contribution in [0.2, 0.25) is 0 Å². The van der Waals surface area contributed by atoms with Gasteiger partial charge in [0.15, 0.2) is 0 Å². The minimum absolute atomic E-state index is 0.0832. The van der Waals surface area contributed by atoms with E-state index in [4.69, 9.17) is 4.74 Å². The van der Waals surface area contributed by atoms with Crippen molar-refractivity contribution < 1.29 is 37.4 Å². The molecule has 2 unspecified atom stereocenters. The molecule has 3 fully saturated rings. The van der Waals surface area contributed by atoms with Crippen LogP contribution in [0.1, 0.15) is 86.0 Å². The van der Waals surface area contributed by atoms with Crippen LogP contribution in [0.15, 0.2) is 25.3 Å². The minimum atomic E-state index is -3.86. The van der Waals surface area contributed by atoms with Crippen molar-refractivity contribution in [2.75, 3.05) is 6.54 Å². The first-order valence-electron chi connectivity index (χ1n) is 15.6. The third-order valence-corrected chi connectivity index (χ3v) is 10.4. The molecule has 0 aromatic carbocycles. The molecule has 1 aliphatic heterocycles. The lowest BCUT2D eigenvalue weighted by Crippen LogP contribution is -2.59. The second-order valence-corrected chi connectivity index (χ2v) is 15.5. The number of carbonyl (C=O) groups is 4. The van der Waals surface area contributed by atoms with Gasteiger partial charge in [-0.3, -0.25) is 19.1 Å². The number of ether oxygens (including phenoxy) is 1. The van der Waals surface area contributed by atoms with Gasteiger partial charge in [-0.15, -0.1) is 13.2 Å². The zero-order valence-corrected chi connectivity index (χ0v) is 27.5. The van der Waals surface area contributed by atoms with E-state index in [9.17, 15) is 32.7 Å². The normalized spacial score (nSPS) is 27.0. The third kappa shape index (κ3) is 8.83. The van der Waals surface area contributed by atoms with Crippen LogP contribution in [0.25, 0.3) is 0 Å². The van der Waals surface area contributed by atoms with Crippen LogP contribution in [0.4, 0.5) is 4.79 Å². The zero-order chi connectivity index (χ0) is 33.0. The summed E-state index contributed by atoms with van der Waals surface area (Å²) < 4.78 is 32.5. The van der Waals surface area contributed by atoms with Crippen molar-refractivity contribution in [1.82, 2.24) is 20.3 Å². The summed E-state index contributed by atoms with van der Waals surface area (Å²) in [5.41, 5.74) is -2.33. The quantitative estimate of drug-likeness (QED) is 0.198. The van der Waals surface area contributed by atoms with Crippen molar-refractivity contribution in [1.29, 1.82) is 0 Å². The molecule has 2 aliphatic carbocycles. The van der Waals surface area contributed by atoms with Crippen molar-refractivity contribution in [3.05, 3.63) is 25.3 Å². The largest absolute Gasteiger partial charge is 0.444 e. The molecule has 0 aromatic heterocycles. The maximum absolute atomic E-state index is 14.2. The molecular weight excluding hydrogens is 588 g/mol. The van der Waals surface area contributed by atoms with Gasteiger partial charge in [0.25, 0.3) is 5.91 Å². The molecule has 3 aliphatic rings. The van der Waals surface area contributed by atoms with Crippen molar-refractivity contribution in [3.8, 4) is 0 Å². The van der Waals surface area contributed by atoms with E-state index in [0.29, 0.717) is 25.7 Å².